The number of carbonyl (C=O) groups is 4. The number of hydrogen-bond acceptors (Lipinski definition) is 13. The number of esters is 1. The summed E-state index contributed by atoms with van der Waals surface area (Å²) in [5.74, 6) is -3.16. The lowest BCUT2D eigenvalue weighted by Crippen LogP contribution is -2.65. The maximum absolute atomic E-state index is 16.5. The standard InChI is InChI=1S/C53H82N2O13Si2/c1-29-19-22-39(65-40-27-51(12,55(61)62)44(33(5)64-40)54-48(60)63-14)30(2)24-37-38(57)25-34(28-56)26-53(37)46(68-70(17,18)50(9,10)11)41(47(59)66-53)45(58)52(13)36(29)21-20-35-42(52)31(3)23-32(4)43(35)67-69(15,16)49(6,7)8/h19-21,24-25,28,31-33,35-40,42-44,57H,22-23,26-27H2,1-18H3,(H,54,60)/b29-19+,30-24+/t31-,32-,33+,35-,36-,37+,38-,39-,40-,42+,43-,44-,51-,52+,53-/m0/s1. The van der Waals surface area contributed by atoms with Crippen LogP contribution >= 0.6 is 0 Å². The summed E-state index contributed by atoms with van der Waals surface area (Å²) in [6.45, 7) is 34.7. The number of alkyl carbamates (subject to hydrolysis) is 1. The van der Waals surface area contributed by atoms with Gasteiger partial charge in [-0.2, -0.15) is 0 Å². The van der Waals surface area contributed by atoms with Crippen LogP contribution in [0.4, 0.5) is 4.79 Å². The summed E-state index contributed by atoms with van der Waals surface area (Å²) in [6.07, 6.45) is 5.58. The number of methoxy groups -OCH3 is 1. The lowest BCUT2D eigenvalue weighted by atomic mass is 9.48. The molecule has 1 amide bonds. The van der Waals surface area contributed by atoms with Crippen molar-refractivity contribution in [1.29, 1.82) is 0 Å². The molecule has 15 atom stereocenters. The van der Waals surface area contributed by atoms with Crippen molar-refractivity contribution in [3.8, 4) is 0 Å². The van der Waals surface area contributed by atoms with Crippen molar-refractivity contribution in [3.05, 3.63) is 68.5 Å². The van der Waals surface area contributed by atoms with Crippen molar-refractivity contribution in [2.75, 3.05) is 7.11 Å². The Balaban J connectivity index is 1.62. The molecule has 0 aromatic heterocycles. The van der Waals surface area contributed by atoms with Crippen LogP contribution in [-0.4, -0.2) is 106 Å². The molecule has 2 N–H and O–H groups in total. The van der Waals surface area contributed by atoms with Gasteiger partial charge in [-0.15, -0.1) is 0 Å². The van der Waals surface area contributed by atoms with Gasteiger partial charge in [0, 0.05) is 35.5 Å². The van der Waals surface area contributed by atoms with Crippen LogP contribution < -0.4 is 5.32 Å². The number of ether oxygens (including phenoxy) is 4. The van der Waals surface area contributed by atoms with Crippen molar-refractivity contribution in [3.63, 3.8) is 0 Å². The fourth-order valence-corrected chi connectivity index (χ4v) is 14.6. The Morgan fingerprint density at radius 3 is 2.17 bits per heavy atom. The van der Waals surface area contributed by atoms with E-state index < -0.39 is 103 Å². The third-order valence-electron chi connectivity index (χ3n) is 18.1. The maximum atomic E-state index is 16.5. The largest absolute Gasteiger partial charge is 0.543 e. The second kappa shape index (κ2) is 19.3. The van der Waals surface area contributed by atoms with Crippen molar-refractivity contribution in [2.24, 2.45) is 40.9 Å². The van der Waals surface area contributed by atoms with Crippen LogP contribution in [0.25, 0.3) is 0 Å². The third-order valence-corrected chi connectivity index (χ3v) is 26.9. The van der Waals surface area contributed by atoms with E-state index in [-0.39, 0.29) is 71.0 Å². The van der Waals surface area contributed by atoms with Crippen molar-refractivity contribution in [1.82, 2.24) is 5.32 Å². The first-order chi connectivity index (χ1) is 32.1. The number of fused-ring (bicyclic) bond motifs is 3. The third kappa shape index (κ3) is 9.65. The summed E-state index contributed by atoms with van der Waals surface area (Å²) < 4.78 is 39.3. The van der Waals surface area contributed by atoms with Crippen LogP contribution in [0.5, 0.6) is 0 Å². The Hall–Kier alpha value is -3.75. The normalized spacial score (nSPS) is 40.0. The number of aldehydes is 1. The summed E-state index contributed by atoms with van der Waals surface area (Å²) >= 11 is 0. The summed E-state index contributed by atoms with van der Waals surface area (Å²) in [5, 5.41) is 27.2. The van der Waals surface area contributed by atoms with Gasteiger partial charge in [0.15, 0.2) is 26.0 Å². The van der Waals surface area contributed by atoms with Gasteiger partial charge in [0.2, 0.25) is 13.9 Å². The summed E-state index contributed by atoms with van der Waals surface area (Å²) in [5.41, 5.74) is -3.40. The van der Waals surface area contributed by atoms with E-state index in [2.05, 4.69) is 86.0 Å². The zero-order valence-electron chi connectivity index (χ0n) is 45.0. The number of carbonyl (C=O) groups excluding carboxylic acids is 4. The number of nitrogens with zero attached hydrogens (tertiary/aromatic N) is 1. The zero-order valence-corrected chi connectivity index (χ0v) is 47.0. The molecule has 1 spiro atoms. The molecular formula is C53H82N2O13Si2. The lowest BCUT2D eigenvalue weighted by molar-refractivity contribution is -0.584. The van der Waals surface area contributed by atoms with Crippen LogP contribution in [0.3, 0.4) is 0 Å². The highest BCUT2D eigenvalue weighted by Gasteiger charge is 2.66. The number of Topliss-reactive ketones (excluding diaryl/α,β-unsaturated/α-hetero) is 1. The van der Waals surface area contributed by atoms with Gasteiger partial charge >= 0.3 is 12.1 Å². The minimum Gasteiger partial charge on any atom is -0.543 e. The predicted octanol–water partition coefficient (Wildman–Crippen LogP) is 9.70. The molecule has 2 fully saturated rings. The Labute approximate surface area is 418 Å². The number of aliphatic hydroxyl groups excluding tert-OH is 1. The maximum Gasteiger partial charge on any atom is 0.407 e. The first-order valence-corrected chi connectivity index (χ1v) is 31.0. The van der Waals surface area contributed by atoms with E-state index in [1.165, 1.54) is 20.1 Å². The van der Waals surface area contributed by atoms with Gasteiger partial charge < -0.3 is 38.2 Å². The molecule has 6 aliphatic rings. The Morgan fingerprint density at radius 2 is 1.60 bits per heavy atom. The molecule has 2 heterocycles. The Morgan fingerprint density at radius 1 is 0.971 bits per heavy atom. The number of nitro groups is 1. The van der Waals surface area contributed by atoms with Crippen molar-refractivity contribution in [2.45, 2.75) is 200 Å². The van der Waals surface area contributed by atoms with Gasteiger partial charge in [-0.05, 0) is 105 Å². The summed E-state index contributed by atoms with van der Waals surface area (Å²) in [4.78, 5) is 69.4. The van der Waals surface area contributed by atoms with Crippen LogP contribution in [-0.2, 0) is 42.2 Å². The molecule has 17 heteroatoms. The number of allylic oxidation sites excluding steroid dienone is 2. The molecular weight excluding hydrogens is 929 g/mol. The van der Waals surface area contributed by atoms with E-state index in [9.17, 15) is 24.8 Å². The van der Waals surface area contributed by atoms with Gasteiger partial charge in [0.25, 0.3) is 0 Å². The lowest BCUT2D eigenvalue weighted by Gasteiger charge is -2.57. The van der Waals surface area contributed by atoms with Crippen molar-refractivity contribution < 1.29 is 57.0 Å². The quantitative estimate of drug-likeness (QED) is 0.0421. The highest BCUT2D eigenvalue weighted by atomic mass is 28.4. The minimum atomic E-state index is -2.96. The van der Waals surface area contributed by atoms with E-state index in [1.54, 1.807) is 13.0 Å². The molecule has 2 aliphatic heterocycles. The Bertz CT molecular complexity index is 2270. The average molecular weight is 1010 g/mol. The predicted molar refractivity (Wildman–Crippen MR) is 271 cm³/mol. The molecule has 0 unspecified atom stereocenters. The monoisotopic (exact) mass is 1010 g/mol. The SMILES string of the molecule is COC(=O)N[C@H]1[C@@H](C)O[C@@H](O[C@H]2C/C=C(\C)[C@@H]3C=C[C@@H]4[C@@H](O[Si](C)(C)C(C)(C)C)[C@@H](C)C[C@H](C)[C@H]4[C@]3(C)C(=O)C3=C(O[Si](C)(C)C(C)(C)C)[C@@]4(CC(C=O)=C[C@H](O)[C@H]4/C=C/2C)OC3=O)C[C@]1(C)[N+](=O)[O-]. The summed E-state index contributed by atoms with van der Waals surface area (Å²) in [7, 11) is -4.12. The van der Waals surface area contributed by atoms with Gasteiger partial charge in [0.1, 0.15) is 23.7 Å². The number of aliphatic hydroxyl groups is 1. The number of nitrogens with one attached hydrogen (secondary N) is 1. The van der Waals surface area contributed by atoms with Crippen LogP contribution in [0.2, 0.25) is 36.3 Å². The molecule has 1 saturated carbocycles. The van der Waals surface area contributed by atoms with Crippen LogP contribution in [0, 0.1) is 51.0 Å². The molecule has 6 rings (SSSR count). The van der Waals surface area contributed by atoms with Crippen LogP contribution in [0.15, 0.2) is 58.4 Å². The zero-order chi connectivity index (χ0) is 52.6. The van der Waals surface area contributed by atoms with Crippen LogP contribution in [0.1, 0.15) is 116 Å². The smallest absolute Gasteiger partial charge is 0.407 e. The first-order valence-electron chi connectivity index (χ1n) is 25.2. The molecule has 15 nitrogen and oxygen atoms in total. The van der Waals surface area contributed by atoms with Gasteiger partial charge in [-0.1, -0.05) is 92.2 Å². The average Bonchev–Trinajstić information content (AvgIpc) is 3.50. The number of hydrogen-bond donors (Lipinski definition) is 2. The molecule has 4 aliphatic carbocycles. The van der Waals surface area contributed by atoms with E-state index in [4.69, 9.17) is 27.8 Å². The number of ketones is 1. The second-order valence-electron chi connectivity index (χ2n) is 24.9. The van der Waals surface area contributed by atoms with Gasteiger partial charge in [0.05, 0.1) is 43.9 Å². The second-order valence-corrected chi connectivity index (χ2v) is 34.4. The first kappa shape index (κ1) is 55.6. The minimum absolute atomic E-state index is 0.00794. The highest BCUT2D eigenvalue weighted by Crippen LogP contribution is 2.61. The fourth-order valence-electron chi connectivity index (χ4n) is 12.0. The van der Waals surface area contributed by atoms with E-state index in [1.807, 2.05) is 39.9 Å². The van der Waals surface area contributed by atoms with E-state index in [0.717, 1.165) is 12.0 Å². The molecule has 390 valence electrons. The summed E-state index contributed by atoms with van der Waals surface area (Å²) in [6, 6.07) is -1.06. The number of amides is 1. The van der Waals surface area contributed by atoms with Crippen molar-refractivity contribution >= 4 is 40.8 Å². The molecule has 2 bridgehead atoms. The molecule has 0 radical (unpaired) electrons. The number of rotatable bonds is 9. The van der Waals surface area contributed by atoms with E-state index >= 15 is 9.59 Å². The topological polar surface area (TPSA) is 199 Å². The highest BCUT2D eigenvalue weighted by molar-refractivity contribution is 6.74. The van der Waals surface area contributed by atoms with E-state index in [0.29, 0.717) is 11.9 Å². The molecule has 0 aromatic rings. The van der Waals surface area contributed by atoms with Gasteiger partial charge in [-0.3, -0.25) is 19.7 Å². The van der Waals surface area contributed by atoms with Gasteiger partial charge in [-0.25, -0.2) is 9.59 Å². The molecule has 70 heavy (non-hydrogen) atoms. The Kier molecular flexibility index (Phi) is 15.3. The molecule has 1 saturated heterocycles. The molecule has 0 aromatic carbocycles. The fraction of sp³-hybridized carbons (Fsp3) is 0.736.